The number of likely N-dealkylation sites (N-methyl/N-ethyl adjacent to an activating group) is 1. The van der Waals surface area contributed by atoms with Gasteiger partial charge in [-0.2, -0.15) is 0 Å². The number of amides is 2. The van der Waals surface area contributed by atoms with Crippen LogP contribution in [0.5, 0.6) is 0 Å². The third kappa shape index (κ3) is 3.42. The van der Waals surface area contributed by atoms with Crippen molar-refractivity contribution in [1.29, 1.82) is 0 Å². The zero-order chi connectivity index (χ0) is 15.6. The molecule has 0 aromatic rings. The standard InChI is InChI=1S/C15H25N3O4/c1-16-6-8-18(9-7-16)14(20)12-13(19)17-4-2-15(3-5-17)21-10-11-22-15/h2-12H2,1H3. The third-order valence-corrected chi connectivity index (χ3v) is 4.85. The molecule has 3 aliphatic heterocycles. The smallest absolute Gasteiger partial charge is 0.232 e. The van der Waals surface area contributed by atoms with Crippen LogP contribution in [0.15, 0.2) is 0 Å². The quantitative estimate of drug-likeness (QED) is 0.645. The van der Waals surface area contributed by atoms with Gasteiger partial charge in [0, 0.05) is 52.1 Å². The fourth-order valence-corrected chi connectivity index (χ4v) is 3.29. The first-order chi connectivity index (χ1) is 10.6. The summed E-state index contributed by atoms with van der Waals surface area (Å²) in [5.74, 6) is -0.596. The van der Waals surface area contributed by atoms with E-state index in [1.54, 1.807) is 9.80 Å². The molecule has 3 aliphatic rings. The number of piperazine rings is 1. The van der Waals surface area contributed by atoms with Crippen molar-refractivity contribution in [2.24, 2.45) is 0 Å². The van der Waals surface area contributed by atoms with E-state index in [0.717, 1.165) is 13.1 Å². The maximum atomic E-state index is 12.3. The fraction of sp³-hybridized carbons (Fsp3) is 0.867. The molecule has 3 heterocycles. The molecule has 7 nitrogen and oxygen atoms in total. The van der Waals surface area contributed by atoms with Crippen LogP contribution in [0.2, 0.25) is 0 Å². The van der Waals surface area contributed by atoms with Gasteiger partial charge in [0.15, 0.2) is 5.79 Å². The maximum Gasteiger partial charge on any atom is 0.232 e. The van der Waals surface area contributed by atoms with Gasteiger partial charge >= 0.3 is 0 Å². The van der Waals surface area contributed by atoms with Crippen LogP contribution in [0.4, 0.5) is 0 Å². The minimum Gasteiger partial charge on any atom is -0.347 e. The number of hydrogen-bond acceptors (Lipinski definition) is 5. The van der Waals surface area contributed by atoms with Crippen LogP contribution in [0.3, 0.4) is 0 Å². The van der Waals surface area contributed by atoms with Gasteiger partial charge in [-0.25, -0.2) is 0 Å². The van der Waals surface area contributed by atoms with Crippen molar-refractivity contribution < 1.29 is 19.1 Å². The number of carbonyl (C=O) groups is 2. The highest BCUT2D eigenvalue weighted by atomic mass is 16.7. The highest BCUT2D eigenvalue weighted by molar-refractivity contribution is 5.97. The van der Waals surface area contributed by atoms with Gasteiger partial charge in [0.2, 0.25) is 11.8 Å². The highest BCUT2D eigenvalue weighted by Crippen LogP contribution is 2.31. The number of rotatable bonds is 2. The lowest BCUT2D eigenvalue weighted by atomic mass is 10.0. The Kier molecular flexibility index (Phi) is 4.65. The molecule has 7 heteroatoms. The Bertz CT molecular complexity index is 419. The molecule has 0 aromatic heterocycles. The normalized spacial score (nSPS) is 25.7. The molecule has 2 amide bonds. The molecule has 0 aromatic carbocycles. The maximum absolute atomic E-state index is 12.3. The van der Waals surface area contributed by atoms with Crippen molar-refractivity contribution in [3.8, 4) is 0 Å². The average Bonchev–Trinajstić information content (AvgIpc) is 2.96. The molecule has 3 saturated heterocycles. The zero-order valence-corrected chi connectivity index (χ0v) is 13.3. The van der Waals surface area contributed by atoms with Crippen molar-refractivity contribution in [3.63, 3.8) is 0 Å². The average molecular weight is 311 g/mol. The van der Waals surface area contributed by atoms with Gasteiger partial charge < -0.3 is 24.2 Å². The third-order valence-electron chi connectivity index (χ3n) is 4.85. The molecular weight excluding hydrogens is 286 g/mol. The molecule has 3 rings (SSSR count). The van der Waals surface area contributed by atoms with E-state index in [-0.39, 0.29) is 18.2 Å². The first kappa shape index (κ1) is 15.7. The second-order valence-corrected chi connectivity index (χ2v) is 6.35. The topological polar surface area (TPSA) is 62.3 Å². The number of ether oxygens (including phenoxy) is 2. The summed E-state index contributed by atoms with van der Waals surface area (Å²) in [6, 6.07) is 0. The lowest BCUT2D eigenvalue weighted by molar-refractivity contribution is -0.187. The Hall–Kier alpha value is -1.18. The van der Waals surface area contributed by atoms with Gasteiger partial charge in [-0.05, 0) is 7.05 Å². The zero-order valence-electron chi connectivity index (χ0n) is 13.3. The summed E-state index contributed by atoms with van der Waals surface area (Å²) in [5, 5.41) is 0. The second-order valence-electron chi connectivity index (χ2n) is 6.35. The monoisotopic (exact) mass is 311 g/mol. The number of piperidine rings is 1. The van der Waals surface area contributed by atoms with Gasteiger partial charge in [0.25, 0.3) is 0 Å². The SMILES string of the molecule is CN1CCN(C(=O)CC(=O)N2CCC3(CC2)OCCO3)CC1. The van der Waals surface area contributed by atoms with Crippen molar-refractivity contribution in [2.45, 2.75) is 25.0 Å². The minimum absolute atomic E-state index is 0.0154. The lowest BCUT2D eigenvalue weighted by Crippen LogP contribution is -2.50. The van der Waals surface area contributed by atoms with Gasteiger partial charge in [-0.1, -0.05) is 0 Å². The van der Waals surface area contributed by atoms with Crippen molar-refractivity contribution in [3.05, 3.63) is 0 Å². The number of carbonyl (C=O) groups excluding carboxylic acids is 2. The van der Waals surface area contributed by atoms with Crippen LogP contribution in [-0.2, 0) is 19.1 Å². The highest BCUT2D eigenvalue weighted by Gasteiger charge is 2.41. The Morgan fingerprint density at radius 3 is 1.91 bits per heavy atom. The van der Waals surface area contributed by atoms with E-state index in [9.17, 15) is 9.59 Å². The van der Waals surface area contributed by atoms with E-state index in [2.05, 4.69) is 4.90 Å². The van der Waals surface area contributed by atoms with E-state index in [4.69, 9.17) is 9.47 Å². The Morgan fingerprint density at radius 2 is 1.36 bits per heavy atom. The van der Waals surface area contributed by atoms with Crippen molar-refractivity contribution in [1.82, 2.24) is 14.7 Å². The summed E-state index contributed by atoms with van der Waals surface area (Å²) >= 11 is 0. The molecule has 0 saturated carbocycles. The molecule has 0 aliphatic carbocycles. The predicted molar refractivity (Wildman–Crippen MR) is 79.1 cm³/mol. The van der Waals surface area contributed by atoms with E-state index >= 15 is 0 Å². The summed E-state index contributed by atoms with van der Waals surface area (Å²) in [6.45, 7) is 5.66. The summed E-state index contributed by atoms with van der Waals surface area (Å²) in [6.07, 6.45) is 1.38. The molecule has 124 valence electrons. The minimum atomic E-state index is -0.474. The lowest BCUT2D eigenvalue weighted by Gasteiger charge is -2.38. The van der Waals surface area contributed by atoms with Gasteiger partial charge in [-0.15, -0.1) is 0 Å². The molecule has 0 radical (unpaired) electrons. The Balaban J connectivity index is 1.45. The Morgan fingerprint density at radius 1 is 0.864 bits per heavy atom. The van der Waals surface area contributed by atoms with Crippen LogP contribution in [-0.4, -0.2) is 91.8 Å². The molecule has 0 N–H and O–H groups in total. The number of nitrogens with zero attached hydrogens (tertiary/aromatic N) is 3. The van der Waals surface area contributed by atoms with Crippen molar-refractivity contribution >= 4 is 11.8 Å². The molecule has 3 fully saturated rings. The first-order valence-corrected chi connectivity index (χ1v) is 8.10. The van der Waals surface area contributed by atoms with Crippen LogP contribution in [0, 0.1) is 0 Å². The molecule has 0 bridgehead atoms. The molecule has 1 spiro atoms. The van der Waals surface area contributed by atoms with Crippen LogP contribution < -0.4 is 0 Å². The molecular formula is C15H25N3O4. The second kappa shape index (κ2) is 6.52. The fourth-order valence-electron chi connectivity index (χ4n) is 3.29. The van der Waals surface area contributed by atoms with Gasteiger partial charge in [0.05, 0.1) is 13.2 Å². The van der Waals surface area contributed by atoms with Crippen LogP contribution in [0.25, 0.3) is 0 Å². The van der Waals surface area contributed by atoms with E-state index in [1.165, 1.54) is 0 Å². The van der Waals surface area contributed by atoms with E-state index < -0.39 is 5.79 Å². The van der Waals surface area contributed by atoms with Crippen LogP contribution in [0.1, 0.15) is 19.3 Å². The summed E-state index contributed by atoms with van der Waals surface area (Å²) in [4.78, 5) is 30.3. The van der Waals surface area contributed by atoms with E-state index in [1.807, 2.05) is 7.05 Å². The number of likely N-dealkylation sites (tertiary alicyclic amines) is 1. The van der Waals surface area contributed by atoms with Gasteiger partial charge in [0.1, 0.15) is 6.42 Å². The summed E-state index contributed by atoms with van der Waals surface area (Å²) < 4.78 is 11.3. The van der Waals surface area contributed by atoms with Crippen LogP contribution >= 0.6 is 0 Å². The van der Waals surface area contributed by atoms with E-state index in [0.29, 0.717) is 52.2 Å². The summed E-state index contributed by atoms with van der Waals surface area (Å²) in [5.41, 5.74) is 0. The van der Waals surface area contributed by atoms with Gasteiger partial charge in [-0.3, -0.25) is 9.59 Å². The first-order valence-electron chi connectivity index (χ1n) is 8.10. The van der Waals surface area contributed by atoms with Crippen molar-refractivity contribution in [2.75, 3.05) is 59.5 Å². The predicted octanol–water partition coefficient (Wildman–Crippen LogP) is -0.484. The molecule has 0 atom stereocenters. The molecule has 0 unspecified atom stereocenters. The largest absolute Gasteiger partial charge is 0.347 e. The Labute approximate surface area is 131 Å². The molecule has 22 heavy (non-hydrogen) atoms. The number of hydrogen-bond donors (Lipinski definition) is 0. The summed E-state index contributed by atoms with van der Waals surface area (Å²) in [7, 11) is 2.05.